The number of ether oxygens (including phenoxy) is 1. The molecular weight excluding hydrogens is 328 g/mol. The van der Waals surface area contributed by atoms with E-state index in [1.165, 1.54) is 0 Å². The molecule has 0 saturated carbocycles. The van der Waals surface area contributed by atoms with Crippen molar-refractivity contribution in [3.63, 3.8) is 0 Å². The third kappa shape index (κ3) is 7.93. The molecule has 1 aromatic rings. The number of hydrazone groups is 1. The molecule has 0 spiro atoms. The van der Waals surface area contributed by atoms with Gasteiger partial charge in [0.1, 0.15) is 5.75 Å². The molecule has 1 rings (SSSR count). The van der Waals surface area contributed by atoms with Crippen LogP contribution in [0.4, 0.5) is 5.69 Å². The van der Waals surface area contributed by atoms with Gasteiger partial charge in [0.05, 0.1) is 19.6 Å². The summed E-state index contributed by atoms with van der Waals surface area (Å²) in [5.74, 6) is -1.49. The number of benzene rings is 1. The normalized spacial score (nSPS) is 10.8. The van der Waals surface area contributed by atoms with Crippen molar-refractivity contribution in [1.29, 1.82) is 0 Å². The van der Waals surface area contributed by atoms with Crippen LogP contribution in [0.15, 0.2) is 29.4 Å². The van der Waals surface area contributed by atoms with Crippen molar-refractivity contribution in [1.82, 2.24) is 10.7 Å². The maximum atomic E-state index is 11.9. The maximum Gasteiger partial charge on any atom is 0.329 e. The fraction of sp³-hybridized carbons (Fsp3) is 0.375. The molecule has 0 radical (unpaired) electrons. The van der Waals surface area contributed by atoms with E-state index in [1.807, 2.05) is 12.3 Å². The first-order chi connectivity index (χ1) is 12.0. The van der Waals surface area contributed by atoms with Crippen LogP contribution in [0.25, 0.3) is 0 Å². The van der Waals surface area contributed by atoms with Gasteiger partial charge in [-0.3, -0.25) is 14.4 Å². The van der Waals surface area contributed by atoms with E-state index in [9.17, 15) is 14.4 Å². The minimum atomic E-state index is -0.972. The van der Waals surface area contributed by atoms with E-state index in [1.54, 1.807) is 31.2 Å². The van der Waals surface area contributed by atoms with E-state index >= 15 is 0 Å². The number of anilines is 1. The van der Waals surface area contributed by atoms with E-state index < -0.39 is 11.8 Å². The lowest BCUT2D eigenvalue weighted by molar-refractivity contribution is -0.139. The van der Waals surface area contributed by atoms with Crippen LogP contribution in [-0.2, 0) is 14.4 Å². The number of aliphatic hydroxyl groups is 1. The summed E-state index contributed by atoms with van der Waals surface area (Å²) in [7, 11) is 0. The van der Waals surface area contributed by atoms with Crippen LogP contribution in [0, 0.1) is 0 Å². The summed E-state index contributed by atoms with van der Waals surface area (Å²) in [5.41, 5.74) is 2.97. The predicted molar refractivity (Wildman–Crippen MR) is 92.2 cm³/mol. The summed E-state index contributed by atoms with van der Waals surface area (Å²) in [6.07, 6.45) is -0.0499. The lowest BCUT2D eigenvalue weighted by Gasteiger charge is -2.07. The predicted octanol–water partition coefficient (Wildman–Crippen LogP) is 0.0145. The van der Waals surface area contributed by atoms with E-state index in [0.717, 1.165) is 0 Å². The van der Waals surface area contributed by atoms with Crippen molar-refractivity contribution < 1.29 is 24.2 Å². The molecule has 0 aliphatic rings. The average molecular weight is 350 g/mol. The largest absolute Gasteiger partial charge is 0.494 e. The van der Waals surface area contributed by atoms with Gasteiger partial charge in [-0.05, 0) is 38.1 Å². The van der Waals surface area contributed by atoms with Crippen LogP contribution < -0.4 is 20.8 Å². The molecule has 0 fully saturated rings. The zero-order valence-electron chi connectivity index (χ0n) is 14.2. The van der Waals surface area contributed by atoms with E-state index in [2.05, 4.69) is 15.7 Å². The topological polar surface area (TPSA) is 129 Å². The number of hydrogen-bond donors (Lipinski definition) is 4. The molecule has 9 nitrogen and oxygen atoms in total. The van der Waals surface area contributed by atoms with Crippen LogP contribution >= 0.6 is 0 Å². The zero-order valence-corrected chi connectivity index (χ0v) is 14.2. The molecular formula is C16H22N4O5. The second kappa shape index (κ2) is 10.8. The molecule has 25 heavy (non-hydrogen) atoms. The summed E-state index contributed by atoms with van der Waals surface area (Å²) >= 11 is 0. The molecule has 0 saturated heterocycles. The molecule has 0 aliphatic carbocycles. The molecule has 9 heteroatoms. The SMILES string of the molecule is CCOc1ccc(NC(=O)C/C(C)=N\NC(=O)C(=O)NCCO)cc1. The highest BCUT2D eigenvalue weighted by Gasteiger charge is 2.12. The van der Waals surface area contributed by atoms with Crippen LogP contribution in [-0.4, -0.2) is 48.3 Å². The van der Waals surface area contributed by atoms with Crippen molar-refractivity contribution in [3.8, 4) is 5.75 Å². The molecule has 0 atom stereocenters. The van der Waals surface area contributed by atoms with Gasteiger partial charge in [0.2, 0.25) is 5.91 Å². The molecule has 0 aromatic heterocycles. The van der Waals surface area contributed by atoms with Gasteiger partial charge in [-0.1, -0.05) is 0 Å². The standard InChI is InChI=1S/C16H22N4O5/c1-3-25-13-6-4-12(5-7-13)18-14(22)10-11(2)19-20-16(24)15(23)17-8-9-21/h4-7,21H,3,8-10H2,1-2H3,(H,17,23)(H,18,22)(H,20,24)/b19-11-. The van der Waals surface area contributed by atoms with Crippen molar-refractivity contribution in [2.45, 2.75) is 20.3 Å². The Bertz CT molecular complexity index is 628. The minimum absolute atomic E-state index is 0.0283. The van der Waals surface area contributed by atoms with Gasteiger partial charge in [-0.2, -0.15) is 5.10 Å². The Morgan fingerprint density at radius 3 is 2.44 bits per heavy atom. The molecule has 0 unspecified atom stereocenters. The number of aliphatic hydroxyl groups excluding tert-OH is 1. The second-order valence-corrected chi connectivity index (χ2v) is 4.95. The summed E-state index contributed by atoms with van der Waals surface area (Å²) in [6.45, 7) is 3.69. The lowest BCUT2D eigenvalue weighted by Crippen LogP contribution is -2.39. The highest BCUT2D eigenvalue weighted by Crippen LogP contribution is 2.15. The number of carbonyl (C=O) groups excluding carboxylic acids is 3. The molecule has 0 aliphatic heterocycles. The van der Waals surface area contributed by atoms with E-state index in [4.69, 9.17) is 9.84 Å². The quantitative estimate of drug-likeness (QED) is 0.298. The fourth-order valence-electron chi connectivity index (χ4n) is 1.72. The van der Waals surface area contributed by atoms with Gasteiger partial charge in [0.15, 0.2) is 0 Å². The minimum Gasteiger partial charge on any atom is -0.494 e. The first-order valence-corrected chi connectivity index (χ1v) is 7.71. The van der Waals surface area contributed by atoms with Crippen LogP contribution in [0.2, 0.25) is 0 Å². The van der Waals surface area contributed by atoms with Crippen molar-refractivity contribution >= 4 is 29.1 Å². The summed E-state index contributed by atoms with van der Waals surface area (Å²) in [4.78, 5) is 34.6. The molecule has 3 amide bonds. The highest BCUT2D eigenvalue weighted by atomic mass is 16.5. The summed E-state index contributed by atoms with van der Waals surface area (Å²) in [5, 5.41) is 17.1. The molecule has 4 N–H and O–H groups in total. The van der Waals surface area contributed by atoms with Crippen molar-refractivity contribution in [2.24, 2.45) is 5.10 Å². The van der Waals surface area contributed by atoms with Gasteiger partial charge < -0.3 is 20.5 Å². The Hall–Kier alpha value is -2.94. The van der Waals surface area contributed by atoms with Crippen LogP contribution in [0.1, 0.15) is 20.3 Å². The first kappa shape index (κ1) is 20.1. The van der Waals surface area contributed by atoms with Crippen molar-refractivity contribution in [2.75, 3.05) is 25.1 Å². The maximum absolute atomic E-state index is 11.9. The fourth-order valence-corrected chi connectivity index (χ4v) is 1.72. The Morgan fingerprint density at radius 1 is 1.16 bits per heavy atom. The van der Waals surface area contributed by atoms with Gasteiger partial charge in [0, 0.05) is 17.9 Å². The van der Waals surface area contributed by atoms with Crippen molar-refractivity contribution in [3.05, 3.63) is 24.3 Å². The smallest absolute Gasteiger partial charge is 0.329 e. The Labute approximate surface area is 145 Å². The molecule has 0 heterocycles. The molecule has 1 aromatic carbocycles. The van der Waals surface area contributed by atoms with E-state index in [0.29, 0.717) is 23.8 Å². The third-order valence-corrected chi connectivity index (χ3v) is 2.82. The van der Waals surface area contributed by atoms with E-state index in [-0.39, 0.29) is 25.5 Å². The van der Waals surface area contributed by atoms with Gasteiger partial charge in [-0.25, -0.2) is 5.43 Å². The monoisotopic (exact) mass is 350 g/mol. The number of nitrogens with one attached hydrogen (secondary N) is 3. The second-order valence-electron chi connectivity index (χ2n) is 4.95. The highest BCUT2D eigenvalue weighted by molar-refractivity contribution is 6.35. The Kier molecular flexibility index (Phi) is 8.66. The third-order valence-electron chi connectivity index (χ3n) is 2.82. The van der Waals surface area contributed by atoms with Gasteiger partial charge in [0.25, 0.3) is 0 Å². The Balaban J connectivity index is 2.44. The summed E-state index contributed by atoms with van der Waals surface area (Å²) in [6, 6.07) is 6.90. The average Bonchev–Trinajstić information content (AvgIpc) is 2.59. The molecule has 0 bridgehead atoms. The number of amides is 3. The van der Waals surface area contributed by atoms with Gasteiger partial charge in [-0.15, -0.1) is 0 Å². The first-order valence-electron chi connectivity index (χ1n) is 7.71. The Morgan fingerprint density at radius 2 is 1.84 bits per heavy atom. The van der Waals surface area contributed by atoms with Gasteiger partial charge >= 0.3 is 11.8 Å². The van der Waals surface area contributed by atoms with Crippen LogP contribution in [0.3, 0.4) is 0 Å². The van der Waals surface area contributed by atoms with Crippen LogP contribution in [0.5, 0.6) is 5.75 Å². The zero-order chi connectivity index (χ0) is 18.7. The molecule has 136 valence electrons. The lowest BCUT2D eigenvalue weighted by atomic mass is 10.2. The number of rotatable bonds is 8. The number of hydrogen-bond acceptors (Lipinski definition) is 6. The number of nitrogens with zero attached hydrogens (tertiary/aromatic N) is 1. The number of carbonyl (C=O) groups is 3. The summed E-state index contributed by atoms with van der Waals surface area (Å²) < 4.78 is 5.31.